The van der Waals surface area contributed by atoms with Gasteiger partial charge < -0.3 is 16.4 Å². The van der Waals surface area contributed by atoms with E-state index in [2.05, 4.69) is 10.6 Å². The Morgan fingerprint density at radius 1 is 0.735 bits per heavy atom. The Bertz CT molecular complexity index is 1350. The number of benzene rings is 4. The minimum absolute atomic E-state index is 0.162. The van der Waals surface area contributed by atoms with Gasteiger partial charge in [-0.05, 0) is 78.4 Å². The first-order valence-electron chi connectivity index (χ1n) is 10.7. The van der Waals surface area contributed by atoms with Crippen molar-refractivity contribution in [1.29, 1.82) is 0 Å². The zero-order valence-corrected chi connectivity index (χ0v) is 19.3. The maximum Gasteiger partial charge on any atom is 0.255 e. The van der Waals surface area contributed by atoms with E-state index in [0.29, 0.717) is 22.5 Å². The molecule has 4 rings (SSSR count). The molecule has 1 unspecified atom stereocenters. The molecule has 34 heavy (non-hydrogen) atoms. The molecule has 0 heterocycles. The van der Waals surface area contributed by atoms with Gasteiger partial charge in [0.15, 0.2) is 0 Å². The molecule has 0 spiro atoms. The molecule has 0 aliphatic heterocycles. The summed E-state index contributed by atoms with van der Waals surface area (Å²) in [7, 11) is 0. The number of nitrogens with two attached hydrogens (primary N) is 1. The van der Waals surface area contributed by atoms with Gasteiger partial charge in [-0.1, -0.05) is 30.3 Å². The van der Waals surface area contributed by atoms with Gasteiger partial charge in [-0.3, -0.25) is 14.4 Å². The fourth-order valence-electron chi connectivity index (χ4n) is 3.37. The van der Waals surface area contributed by atoms with Crippen LogP contribution < -0.4 is 16.4 Å². The predicted octanol–water partition coefficient (Wildman–Crippen LogP) is 5.31. The van der Waals surface area contributed by atoms with Crippen molar-refractivity contribution in [2.24, 2.45) is 5.73 Å². The van der Waals surface area contributed by atoms with Crippen LogP contribution in [0.5, 0.6) is 0 Å². The Morgan fingerprint density at radius 3 is 2.00 bits per heavy atom. The van der Waals surface area contributed by atoms with Crippen molar-refractivity contribution >= 4 is 51.6 Å². The highest BCUT2D eigenvalue weighted by Crippen LogP contribution is 2.26. The SMILES string of the molecule is CC(Sc1ccc(NC(=O)c2ccc3ccccc3c2)cc1)C(=O)Nc1ccc(C(N)=O)cc1. The van der Waals surface area contributed by atoms with Gasteiger partial charge >= 0.3 is 0 Å². The Labute approximate surface area is 201 Å². The second kappa shape index (κ2) is 10.2. The van der Waals surface area contributed by atoms with E-state index in [-0.39, 0.29) is 17.1 Å². The summed E-state index contributed by atoms with van der Waals surface area (Å²) in [6, 6.07) is 27.3. The van der Waals surface area contributed by atoms with E-state index >= 15 is 0 Å². The van der Waals surface area contributed by atoms with Crippen molar-refractivity contribution in [3.8, 4) is 0 Å². The molecule has 0 bridgehead atoms. The number of fused-ring (bicyclic) bond motifs is 1. The second-order valence-electron chi connectivity index (χ2n) is 7.73. The van der Waals surface area contributed by atoms with Crippen LogP contribution in [0.15, 0.2) is 95.9 Å². The molecule has 4 aromatic carbocycles. The highest BCUT2D eigenvalue weighted by atomic mass is 32.2. The van der Waals surface area contributed by atoms with E-state index in [1.807, 2.05) is 73.7 Å². The summed E-state index contributed by atoms with van der Waals surface area (Å²) in [6.45, 7) is 1.81. The molecule has 0 aliphatic carbocycles. The number of thioether (sulfide) groups is 1. The van der Waals surface area contributed by atoms with Crippen LogP contribution in [0.3, 0.4) is 0 Å². The Kier molecular flexibility index (Phi) is 6.94. The van der Waals surface area contributed by atoms with Crippen LogP contribution in [0.4, 0.5) is 11.4 Å². The molecule has 0 radical (unpaired) electrons. The average Bonchev–Trinajstić information content (AvgIpc) is 2.85. The Balaban J connectivity index is 1.33. The molecule has 0 fully saturated rings. The molecule has 0 saturated heterocycles. The van der Waals surface area contributed by atoms with Crippen LogP contribution in [0, 0.1) is 0 Å². The molecule has 0 aliphatic rings. The number of hydrogen-bond donors (Lipinski definition) is 3. The summed E-state index contributed by atoms with van der Waals surface area (Å²) in [5, 5.41) is 7.48. The lowest BCUT2D eigenvalue weighted by atomic mass is 10.1. The smallest absolute Gasteiger partial charge is 0.255 e. The molecule has 4 N–H and O–H groups in total. The van der Waals surface area contributed by atoms with Crippen LogP contribution in [0.1, 0.15) is 27.6 Å². The molecule has 7 heteroatoms. The summed E-state index contributed by atoms with van der Waals surface area (Å²) >= 11 is 1.41. The minimum Gasteiger partial charge on any atom is -0.366 e. The third-order valence-electron chi connectivity index (χ3n) is 5.24. The third-order valence-corrected chi connectivity index (χ3v) is 6.35. The van der Waals surface area contributed by atoms with Gasteiger partial charge in [0.2, 0.25) is 11.8 Å². The molecule has 1 atom stereocenters. The predicted molar refractivity (Wildman–Crippen MR) is 137 cm³/mol. The monoisotopic (exact) mass is 469 g/mol. The summed E-state index contributed by atoms with van der Waals surface area (Å²) in [4.78, 5) is 37.2. The summed E-state index contributed by atoms with van der Waals surface area (Å²) in [5.74, 6) is -0.856. The highest BCUT2D eigenvalue weighted by molar-refractivity contribution is 8.00. The maximum atomic E-state index is 12.6. The van der Waals surface area contributed by atoms with Gasteiger partial charge in [0.1, 0.15) is 0 Å². The molecule has 0 saturated carbocycles. The largest absolute Gasteiger partial charge is 0.366 e. The van der Waals surface area contributed by atoms with Crippen molar-refractivity contribution in [2.45, 2.75) is 17.1 Å². The zero-order valence-electron chi connectivity index (χ0n) is 18.4. The van der Waals surface area contributed by atoms with Crippen molar-refractivity contribution in [1.82, 2.24) is 0 Å². The number of carbonyl (C=O) groups excluding carboxylic acids is 3. The first-order chi connectivity index (χ1) is 16.4. The molecule has 0 aromatic heterocycles. The van der Waals surface area contributed by atoms with Gasteiger partial charge in [-0.15, -0.1) is 11.8 Å². The van der Waals surface area contributed by atoms with Gasteiger partial charge in [-0.25, -0.2) is 0 Å². The molecule has 6 nitrogen and oxygen atoms in total. The van der Waals surface area contributed by atoms with E-state index < -0.39 is 5.91 Å². The van der Waals surface area contributed by atoms with Gasteiger partial charge in [0.05, 0.1) is 5.25 Å². The first kappa shape index (κ1) is 23.1. The van der Waals surface area contributed by atoms with E-state index in [1.165, 1.54) is 11.8 Å². The fraction of sp³-hybridized carbons (Fsp3) is 0.0741. The third kappa shape index (κ3) is 5.63. The second-order valence-corrected chi connectivity index (χ2v) is 9.15. The van der Waals surface area contributed by atoms with Crippen LogP contribution in [0.2, 0.25) is 0 Å². The number of primary amides is 1. The summed E-state index contributed by atoms with van der Waals surface area (Å²) in [6.07, 6.45) is 0. The van der Waals surface area contributed by atoms with Crippen molar-refractivity contribution in [3.63, 3.8) is 0 Å². The van der Waals surface area contributed by atoms with Crippen LogP contribution >= 0.6 is 11.8 Å². The summed E-state index contributed by atoms with van der Waals surface area (Å²) in [5.41, 5.74) is 7.47. The van der Waals surface area contributed by atoms with E-state index in [9.17, 15) is 14.4 Å². The lowest BCUT2D eigenvalue weighted by molar-refractivity contribution is -0.115. The van der Waals surface area contributed by atoms with Gasteiger partial charge in [0.25, 0.3) is 5.91 Å². The van der Waals surface area contributed by atoms with Crippen molar-refractivity contribution < 1.29 is 14.4 Å². The zero-order chi connectivity index (χ0) is 24.1. The number of carbonyl (C=O) groups is 3. The first-order valence-corrected chi connectivity index (χ1v) is 11.5. The number of rotatable bonds is 7. The van der Waals surface area contributed by atoms with Crippen LogP contribution in [-0.4, -0.2) is 23.0 Å². The maximum absolute atomic E-state index is 12.6. The molecule has 4 aromatic rings. The molecule has 3 amide bonds. The summed E-state index contributed by atoms with van der Waals surface area (Å²) < 4.78 is 0. The lowest BCUT2D eigenvalue weighted by Crippen LogP contribution is -2.22. The number of amides is 3. The van der Waals surface area contributed by atoms with Crippen LogP contribution in [-0.2, 0) is 4.79 Å². The topological polar surface area (TPSA) is 101 Å². The standard InChI is InChI=1S/C27H23N3O3S/c1-17(26(32)29-22-10-8-19(9-11-22)25(28)31)34-24-14-12-23(13-15-24)30-27(33)21-7-6-18-4-2-3-5-20(18)16-21/h2-17H,1H3,(H2,28,31)(H,29,32)(H,30,33). The average molecular weight is 470 g/mol. The van der Waals surface area contributed by atoms with Gasteiger partial charge in [-0.2, -0.15) is 0 Å². The highest BCUT2D eigenvalue weighted by Gasteiger charge is 2.15. The van der Waals surface area contributed by atoms with E-state index in [4.69, 9.17) is 5.73 Å². The Morgan fingerprint density at radius 2 is 1.32 bits per heavy atom. The van der Waals surface area contributed by atoms with Gasteiger partial charge in [0, 0.05) is 27.4 Å². The minimum atomic E-state index is -0.515. The van der Waals surface area contributed by atoms with Crippen molar-refractivity contribution in [2.75, 3.05) is 10.6 Å². The normalized spacial score (nSPS) is 11.6. The lowest BCUT2D eigenvalue weighted by Gasteiger charge is -2.13. The Hall–Kier alpha value is -4.10. The van der Waals surface area contributed by atoms with Crippen molar-refractivity contribution in [3.05, 3.63) is 102 Å². The number of nitrogens with one attached hydrogen (secondary N) is 2. The molecular formula is C27H23N3O3S. The molecule has 170 valence electrons. The number of hydrogen-bond acceptors (Lipinski definition) is 4. The van der Waals surface area contributed by atoms with E-state index in [0.717, 1.165) is 15.7 Å². The quantitative estimate of drug-likeness (QED) is 0.319. The number of anilines is 2. The molecular weight excluding hydrogens is 446 g/mol. The van der Waals surface area contributed by atoms with Crippen LogP contribution in [0.25, 0.3) is 10.8 Å². The fourth-order valence-corrected chi connectivity index (χ4v) is 4.24. The van der Waals surface area contributed by atoms with E-state index in [1.54, 1.807) is 24.3 Å².